The van der Waals surface area contributed by atoms with Gasteiger partial charge in [-0.25, -0.2) is 24.3 Å². The van der Waals surface area contributed by atoms with Crippen LogP contribution in [0.1, 0.15) is 31.5 Å². The summed E-state index contributed by atoms with van der Waals surface area (Å²) in [4.78, 5) is 38.4. The highest BCUT2D eigenvalue weighted by Gasteiger charge is 2.37. The zero-order chi connectivity index (χ0) is 20.8. The number of hydrogen-bond donors (Lipinski definition) is 1. The third-order valence-electron chi connectivity index (χ3n) is 5.19. The molecule has 0 spiro atoms. The van der Waals surface area contributed by atoms with Crippen molar-refractivity contribution in [1.82, 2.24) is 29.6 Å². The molecule has 9 heteroatoms. The quantitative estimate of drug-likeness (QED) is 0.394. The first-order chi connectivity index (χ1) is 13.9. The predicted molar refractivity (Wildman–Crippen MR) is 112 cm³/mol. The molecule has 29 heavy (non-hydrogen) atoms. The summed E-state index contributed by atoms with van der Waals surface area (Å²) >= 11 is 1.41. The van der Waals surface area contributed by atoms with Crippen LogP contribution in [-0.2, 0) is 23.3 Å². The van der Waals surface area contributed by atoms with E-state index in [0.717, 1.165) is 24.1 Å². The van der Waals surface area contributed by atoms with Gasteiger partial charge in [-0.2, -0.15) is 0 Å². The van der Waals surface area contributed by atoms with Crippen molar-refractivity contribution >= 4 is 28.7 Å². The van der Waals surface area contributed by atoms with Gasteiger partial charge in [0.25, 0.3) is 5.56 Å². The lowest BCUT2D eigenvalue weighted by molar-refractivity contribution is -0.120. The number of rotatable bonds is 5. The highest BCUT2D eigenvalue weighted by Crippen LogP contribution is 2.36. The van der Waals surface area contributed by atoms with Gasteiger partial charge < -0.3 is 5.32 Å². The van der Waals surface area contributed by atoms with E-state index < -0.39 is 5.54 Å². The minimum Gasteiger partial charge on any atom is -0.346 e. The molecule has 3 aromatic heterocycles. The maximum Gasteiger partial charge on any atom is 0.278 e. The number of aryl methyl sites for hydroxylation is 1. The second kappa shape index (κ2) is 7.14. The molecule has 0 bridgehead atoms. The summed E-state index contributed by atoms with van der Waals surface area (Å²) in [6.45, 7) is 7.57. The van der Waals surface area contributed by atoms with E-state index in [-0.39, 0.29) is 11.5 Å². The molecule has 3 heterocycles. The van der Waals surface area contributed by atoms with E-state index in [1.807, 2.05) is 25.3 Å². The highest BCUT2D eigenvalue weighted by atomic mass is 32.2. The molecule has 0 aromatic carbocycles. The van der Waals surface area contributed by atoms with Gasteiger partial charge in [0.15, 0.2) is 16.6 Å². The molecule has 0 aliphatic heterocycles. The smallest absolute Gasteiger partial charge is 0.278 e. The molecule has 4 rings (SSSR count). The van der Waals surface area contributed by atoms with Gasteiger partial charge in [-0.3, -0.25) is 9.59 Å². The van der Waals surface area contributed by atoms with Gasteiger partial charge in [0.2, 0.25) is 5.91 Å². The molecule has 0 fully saturated rings. The van der Waals surface area contributed by atoms with E-state index in [1.54, 1.807) is 21.6 Å². The van der Waals surface area contributed by atoms with Crippen molar-refractivity contribution in [2.24, 2.45) is 0 Å². The number of pyridine rings is 1. The molecule has 1 aliphatic carbocycles. The minimum absolute atomic E-state index is 0.0973. The molecule has 1 unspecified atom stereocenters. The standard InChI is InChI=1S/C20H22N6O2S/c1-5-10-25-18(28)14-11-21-19(29-4)23-17(14)26(25)15-7-6-13-8-9-20(3,16(13)22-15)24-12(2)27/h5-7,11H,1,8-10H2,2-4H3,(H,24,27). The van der Waals surface area contributed by atoms with E-state index in [0.29, 0.717) is 28.6 Å². The van der Waals surface area contributed by atoms with Crippen LogP contribution in [0.5, 0.6) is 0 Å². The molecular formula is C20H22N6O2S. The predicted octanol–water partition coefficient (Wildman–Crippen LogP) is 2.18. The second-order valence-corrected chi connectivity index (χ2v) is 8.05. The van der Waals surface area contributed by atoms with Crippen LogP contribution in [0.15, 0.2) is 40.9 Å². The molecule has 8 nitrogen and oxygen atoms in total. The minimum atomic E-state index is -0.539. The van der Waals surface area contributed by atoms with Gasteiger partial charge in [0.05, 0.1) is 17.8 Å². The van der Waals surface area contributed by atoms with Gasteiger partial charge in [-0.05, 0) is 37.7 Å². The Morgan fingerprint density at radius 3 is 2.90 bits per heavy atom. The number of aromatic nitrogens is 5. The molecule has 3 aromatic rings. The summed E-state index contributed by atoms with van der Waals surface area (Å²) in [5, 5.41) is 4.03. The maximum atomic E-state index is 12.9. The summed E-state index contributed by atoms with van der Waals surface area (Å²) in [6.07, 6.45) is 6.72. The Morgan fingerprint density at radius 1 is 1.41 bits per heavy atom. The number of nitrogens with one attached hydrogen (secondary N) is 1. The van der Waals surface area contributed by atoms with Gasteiger partial charge in [0.1, 0.15) is 5.39 Å². The number of fused-ring (bicyclic) bond motifs is 2. The van der Waals surface area contributed by atoms with E-state index >= 15 is 0 Å². The van der Waals surface area contributed by atoms with Gasteiger partial charge in [-0.1, -0.05) is 23.9 Å². The molecule has 1 N–H and O–H groups in total. The van der Waals surface area contributed by atoms with Crippen molar-refractivity contribution in [3.05, 3.63) is 52.6 Å². The average molecular weight is 411 g/mol. The fourth-order valence-corrected chi connectivity index (χ4v) is 4.26. The molecule has 0 saturated carbocycles. The summed E-state index contributed by atoms with van der Waals surface area (Å²) in [5.41, 5.74) is 1.69. The van der Waals surface area contributed by atoms with Crippen LogP contribution >= 0.6 is 11.8 Å². The maximum absolute atomic E-state index is 12.9. The third kappa shape index (κ3) is 3.15. The normalized spacial score (nSPS) is 18.0. The number of amides is 1. The number of allylic oxidation sites excluding steroid dienone is 1. The van der Waals surface area contributed by atoms with E-state index in [2.05, 4.69) is 21.9 Å². The van der Waals surface area contributed by atoms with Crippen LogP contribution in [-0.4, -0.2) is 36.5 Å². The fraction of sp³-hybridized carbons (Fsp3) is 0.350. The Bertz CT molecular complexity index is 1200. The first-order valence-corrected chi connectivity index (χ1v) is 10.5. The third-order valence-corrected chi connectivity index (χ3v) is 5.75. The SMILES string of the molecule is C=CCn1c(=O)c2cnc(SC)nc2n1-c1ccc2c(n1)C(C)(NC(C)=O)CC2. The van der Waals surface area contributed by atoms with Crippen LogP contribution < -0.4 is 10.9 Å². The average Bonchev–Trinajstić information content (AvgIpc) is 3.16. The fourth-order valence-electron chi connectivity index (χ4n) is 3.92. The molecular weight excluding hydrogens is 388 g/mol. The number of thioether (sulfide) groups is 1. The Hall–Kier alpha value is -2.94. The Morgan fingerprint density at radius 2 is 2.21 bits per heavy atom. The number of nitrogens with zero attached hydrogens (tertiary/aromatic N) is 5. The lowest BCUT2D eigenvalue weighted by Crippen LogP contribution is -2.41. The van der Waals surface area contributed by atoms with Gasteiger partial charge in [-0.15, -0.1) is 6.58 Å². The van der Waals surface area contributed by atoms with E-state index in [4.69, 9.17) is 4.98 Å². The van der Waals surface area contributed by atoms with Crippen LogP contribution in [0.25, 0.3) is 16.9 Å². The van der Waals surface area contributed by atoms with Gasteiger partial charge in [0, 0.05) is 13.1 Å². The number of hydrogen-bond acceptors (Lipinski definition) is 6. The Kier molecular flexibility index (Phi) is 4.77. The Labute approximate surface area is 172 Å². The molecule has 1 aliphatic rings. The van der Waals surface area contributed by atoms with Crippen molar-refractivity contribution in [3.63, 3.8) is 0 Å². The van der Waals surface area contributed by atoms with Crippen LogP contribution in [0, 0.1) is 0 Å². The largest absolute Gasteiger partial charge is 0.346 e. The zero-order valence-electron chi connectivity index (χ0n) is 16.6. The van der Waals surface area contributed by atoms with Crippen LogP contribution in [0.3, 0.4) is 0 Å². The number of carbonyl (C=O) groups excluding carboxylic acids is 1. The first-order valence-electron chi connectivity index (χ1n) is 9.31. The monoisotopic (exact) mass is 410 g/mol. The van der Waals surface area contributed by atoms with Crippen molar-refractivity contribution in [1.29, 1.82) is 0 Å². The summed E-state index contributed by atoms with van der Waals surface area (Å²) in [5.74, 6) is 0.474. The van der Waals surface area contributed by atoms with Crippen LogP contribution in [0.4, 0.5) is 0 Å². The molecule has 0 radical (unpaired) electrons. The van der Waals surface area contributed by atoms with Crippen molar-refractivity contribution in [2.75, 3.05) is 6.26 Å². The zero-order valence-corrected chi connectivity index (χ0v) is 17.4. The second-order valence-electron chi connectivity index (χ2n) is 7.27. The summed E-state index contributed by atoms with van der Waals surface area (Å²) in [6, 6.07) is 3.90. The highest BCUT2D eigenvalue weighted by molar-refractivity contribution is 7.98. The van der Waals surface area contributed by atoms with Crippen molar-refractivity contribution in [3.8, 4) is 5.82 Å². The van der Waals surface area contributed by atoms with Crippen molar-refractivity contribution in [2.45, 2.75) is 43.9 Å². The van der Waals surface area contributed by atoms with E-state index in [9.17, 15) is 9.59 Å². The summed E-state index contributed by atoms with van der Waals surface area (Å²) < 4.78 is 3.27. The van der Waals surface area contributed by atoms with Crippen LogP contribution in [0.2, 0.25) is 0 Å². The molecule has 1 atom stereocenters. The lowest BCUT2D eigenvalue weighted by atomic mass is 9.99. The lowest BCUT2D eigenvalue weighted by Gasteiger charge is -2.25. The van der Waals surface area contributed by atoms with E-state index in [1.165, 1.54) is 18.7 Å². The van der Waals surface area contributed by atoms with Crippen molar-refractivity contribution < 1.29 is 4.79 Å². The van der Waals surface area contributed by atoms with Gasteiger partial charge >= 0.3 is 0 Å². The molecule has 150 valence electrons. The number of carbonyl (C=O) groups is 1. The summed E-state index contributed by atoms with van der Waals surface area (Å²) in [7, 11) is 0. The molecule has 1 amide bonds. The topological polar surface area (TPSA) is 94.7 Å². The first kappa shape index (κ1) is 19.4. The Balaban J connectivity index is 1.97. The molecule has 0 saturated heterocycles.